The molecule has 0 aliphatic carbocycles. The van der Waals surface area contributed by atoms with Gasteiger partial charge in [-0.25, -0.2) is 9.59 Å². The molecule has 2 atom stereocenters. The summed E-state index contributed by atoms with van der Waals surface area (Å²) in [6.45, 7) is -0.158. The zero-order chi connectivity index (χ0) is 18.0. The maximum atomic E-state index is 12.1. The van der Waals surface area contributed by atoms with Crippen LogP contribution in [0.1, 0.15) is 15.9 Å². The summed E-state index contributed by atoms with van der Waals surface area (Å²) in [6, 6.07) is 2.06. The first-order valence-electron chi connectivity index (χ1n) is 7.01. The highest BCUT2D eigenvalue weighted by atomic mass is 16.4. The van der Waals surface area contributed by atoms with Gasteiger partial charge in [0.05, 0.1) is 5.94 Å². The lowest BCUT2D eigenvalue weighted by molar-refractivity contribution is -0.128. The summed E-state index contributed by atoms with van der Waals surface area (Å²) in [5, 5.41) is 40.4. The van der Waals surface area contributed by atoms with Gasteiger partial charge in [-0.3, -0.25) is 9.69 Å². The second kappa shape index (κ2) is 6.87. The molecule has 1 saturated heterocycles. The number of carbonyl (C=O) groups is 3. The van der Waals surface area contributed by atoms with Crippen LogP contribution in [-0.2, 0) is 11.2 Å². The van der Waals surface area contributed by atoms with E-state index in [4.69, 9.17) is 10.8 Å². The minimum atomic E-state index is -2.09. The standard InChI is InChI=1S/C13H16BN3O7/c15-5-8-11(19)17(13(22)16-8)9(14(23)24)4-6-2-1-3-7(10(6)18)12(20)21/h1-3,8-9,18,23-24H,4-5,15H2,(H,16,22)(H,20,21)/t8?,9-/m0/s1. The highest BCUT2D eigenvalue weighted by molar-refractivity contribution is 6.44. The van der Waals surface area contributed by atoms with E-state index in [1.165, 1.54) is 18.2 Å². The number of hydrogen-bond donors (Lipinski definition) is 6. The van der Waals surface area contributed by atoms with Crippen LogP contribution in [-0.4, -0.2) is 68.7 Å². The summed E-state index contributed by atoms with van der Waals surface area (Å²) < 4.78 is 0. The van der Waals surface area contributed by atoms with Gasteiger partial charge in [0.25, 0.3) is 5.91 Å². The van der Waals surface area contributed by atoms with Gasteiger partial charge in [0, 0.05) is 6.54 Å². The highest BCUT2D eigenvalue weighted by Crippen LogP contribution is 2.26. The summed E-state index contributed by atoms with van der Waals surface area (Å²) in [5.41, 5.74) is 5.03. The summed E-state index contributed by atoms with van der Waals surface area (Å²) in [4.78, 5) is 35.7. The van der Waals surface area contributed by atoms with Gasteiger partial charge < -0.3 is 31.3 Å². The number of hydrogen-bond acceptors (Lipinski definition) is 7. The number of rotatable bonds is 6. The van der Waals surface area contributed by atoms with Gasteiger partial charge in [0.1, 0.15) is 17.4 Å². The van der Waals surface area contributed by atoms with E-state index in [1.807, 2.05) is 0 Å². The summed E-state index contributed by atoms with van der Waals surface area (Å²) >= 11 is 0. The Morgan fingerprint density at radius 1 is 1.38 bits per heavy atom. The fraction of sp³-hybridized carbons (Fsp3) is 0.308. The average Bonchev–Trinajstić information content (AvgIpc) is 2.80. The number of para-hydroxylation sites is 1. The van der Waals surface area contributed by atoms with Gasteiger partial charge >= 0.3 is 19.1 Å². The summed E-state index contributed by atoms with van der Waals surface area (Å²) in [7, 11) is -2.09. The van der Waals surface area contributed by atoms with Crippen LogP contribution in [0.4, 0.5) is 4.79 Å². The number of benzene rings is 1. The van der Waals surface area contributed by atoms with E-state index < -0.39 is 42.8 Å². The van der Waals surface area contributed by atoms with Gasteiger partial charge in [-0.05, 0) is 18.1 Å². The maximum Gasteiger partial charge on any atom is 0.476 e. The van der Waals surface area contributed by atoms with Crippen LogP contribution in [0.3, 0.4) is 0 Å². The fourth-order valence-corrected chi connectivity index (χ4v) is 2.51. The van der Waals surface area contributed by atoms with E-state index in [-0.39, 0.29) is 24.1 Å². The molecule has 1 aromatic rings. The Bertz CT molecular complexity index is 682. The van der Waals surface area contributed by atoms with E-state index >= 15 is 0 Å². The van der Waals surface area contributed by atoms with Crippen molar-refractivity contribution in [1.29, 1.82) is 0 Å². The van der Waals surface area contributed by atoms with Gasteiger partial charge in [0.15, 0.2) is 0 Å². The number of carboxylic acid groups (broad SMARTS) is 1. The lowest BCUT2D eigenvalue weighted by Crippen LogP contribution is -2.51. The van der Waals surface area contributed by atoms with Crippen LogP contribution < -0.4 is 11.1 Å². The molecule has 1 unspecified atom stereocenters. The van der Waals surface area contributed by atoms with Crippen LogP contribution >= 0.6 is 0 Å². The zero-order valence-corrected chi connectivity index (χ0v) is 12.4. The number of carboxylic acids is 1. The van der Waals surface area contributed by atoms with Crippen molar-refractivity contribution in [3.8, 4) is 5.75 Å². The third kappa shape index (κ3) is 3.18. The van der Waals surface area contributed by atoms with Crippen LogP contribution in [0.15, 0.2) is 18.2 Å². The van der Waals surface area contributed by atoms with Crippen molar-refractivity contribution in [2.45, 2.75) is 18.4 Å². The third-order valence-corrected chi connectivity index (χ3v) is 3.74. The molecule has 1 heterocycles. The first kappa shape index (κ1) is 17.7. The number of aromatic carboxylic acids is 1. The molecule has 0 bridgehead atoms. The molecule has 128 valence electrons. The first-order chi connectivity index (χ1) is 11.3. The second-order valence-electron chi connectivity index (χ2n) is 5.25. The van der Waals surface area contributed by atoms with Crippen LogP contribution in [0.2, 0.25) is 0 Å². The number of amides is 3. The van der Waals surface area contributed by atoms with Crippen molar-refractivity contribution in [3.63, 3.8) is 0 Å². The lowest BCUT2D eigenvalue weighted by Gasteiger charge is -2.25. The predicted octanol–water partition coefficient (Wildman–Crippen LogP) is -2.11. The number of nitrogens with zero attached hydrogens (tertiary/aromatic N) is 1. The Labute approximate surface area is 136 Å². The molecule has 24 heavy (non-hydrogen) atoms. The quantitative estimate of drug-likeness (QED) is 0.253. The van der Waals surface area contributed by atoms with Crippen molar-refractivity contribution in [1.82, 2.24) is 10.2 Å². The van der Waals surface area contributed by atoms with E-state index in [0.29, 0.717) is 4.90 Å². The molecule has 3 amide bonds. The molecule has 1 aromatic carbocycles. The van der Waals surface area contributed by atoms with Gasteiger partial charge in [-0.15, -0.1) is 0 Å². The molecule has 0 spiro atoms. The molecule has 7 N–H and O–H groups in total. The number of carbonyl (C=O) groups excluding carboxylic acids is 2. The number of imide groups is 1. The van der Waals surface area contributed by atoms with E-state index in [1.54, 1.807) is 0 Å². The fourth-order valence-electron chi connectivity index (χ4n) is 2.51. The van der Waals surface area contributed by atoms with Gasteiger partial charge in [-0.1, -0.05) is 12.1 Å². The average molecular weight is 337 g/mol. The Kier molecular flexibility index (Phi) is 5.07. The Balaban J connectivity index is 2.34. The molecular weight excluding hydrogens is 321 g/mol. The Hall–Kier alpha value is -2.63. The monoisotopic (exact) mass is 337 g/mol. The molecule has 0 radical (unpaired) electrons. The molecule has 2 rings (SSSR count). The van der Waals surface area contributed by atoms with Crippen LogP contribution in [0.25, 0.3) is 0 Å². The minimum absolute atomic E-state index is 0.0461. The van der Waals surface area contributed by atoms with E-state index in [2.05, 4.69) is 5.32 Å². The van der Waals surface area contributed by atoms with Crippen LogP contribution in [0, 0.1) is 0 Å². The van der Waals surface area contributed by atoms with Crippen LogP contribution in [0.5, 0.6) is 5.75 Å². The Morgan fingerprint density at radius 3 is 2.54 bits per heavy atom. The summed E-state index contributed by atoms with van der Waals surface area (Å²) in [5.74, 6) is -4.08. The Morgan fingerprint density at radius 2 is 2.04 bits per heavy atom. The van der Waals surface area contributed by atoms with Crippen molar-refractivity contribution in [3.05, 3.63) is 29.3 Å². The third-order valence-electron chi connectivity index (χ3n) is 3.74. The number of nitrogens with one attached hydrogen (secondary N) is 1. The van der Waals surface area contributed by atoms with E-state index in [9.17, 15) is 29.5 Å². The van der Waals surface area contributed by atoms with Gasteiger partial charge in [-0.2, -0.15) is 0 Å². The van der Waals surface area contributed by atoms with Crippen molar-refractivity contribution in [2.75, 3.05) is 6.54 Å². The highest BCUT2D eigenvalue weighted by Gasteiger charge is 2.45. The van der Waals surface area contributed by atoms with Gasteiger partial charge in [0.2, 0.25) is 0 Å². The number of nitrogens with two attached hydrogens (primary N) is 1. The molecular formula is C13H16BN3O7. The van der Waals surface area contributed by atoms with E-state index in [0.717, 1.165) is 0 Å². The predicted molar refractivity (Wildman–Crippen MR) is 81.0 cm³/mol. The normalized spacial score (nSPS) is 18.5. The number of urea groups is 1. The van der Waals surface area contributed by atoms with Crippen molar-refractivity contribution < 1.29 is 34.6 Å². The minimum Gasteiger partial charge on any atom is -0.507 e. The molecule has 10 nitrogen and oxygen atoms in total. The zero-order valence-electron chi connectivity index (χ0n) is 12.4. The summed E-state index contributed by atoms with van der Waals surface area (Å²) in [6.07, 6.45) is -0.346. The topological polar surface area (TPSA) is 173 Å². The molecule has 1 aliphatic rings. The first-order valence-corrected chi connectivity index (χ1v) is 7.01. The largest absolute Gasteiger partial charge is 0.507 e. The molecule has 1 aliphatic heterocycles. The number of aromatic hydroxyl groups is 1. The molecule has 11 heteroatoms. The lowest BCUT2D eigenvalue weighted by atomic mass is 9.74. The second-order valence-corrected chi connectivity index (χ2v) is 5.25. The van der Waals surface area contributed by atoms with Crippen molar-refractivity contribution >= 4 is 25.0 Å². The maximum absolute atomic E-state index is 12.1. The SMILES string of the molecule is NCC1NC(=O)N([C@@H](Cc2cccc(C(=O)O)c2O)B(O)O)C1=O. The molecule has 0 aromatic heterocycles. The molecule has 0 saturated carbocycles. The smallest absolute Gasteiger partial charge is 0.476 e. The molecule has 1 fully saturated rings. The van der Waals surface area contributed by atoms with Crippen molar-refractivity contribution in [2.24, 2.45) is 5.73 Å². The number of phenols is 1.